The molecule has 0 aromatic carbocycles. The van der Waals surface area contributed by atoms with E-state index in [9.17, 15) is 19.8 Å². The lowest BCUT2D eigenvalue weighted by Gasteiger charge is -2.41. The smallest absolute Gasteiger partial charge is 0.309 e. The monoisotopic (exact) mass is 408 g/mol. The SMILES string of the molecule is CC[C@H](C)OC(=O)[C@H]1CCC=C2C=C[C@H](C)[C@H](CC[C@@H](O)C[C@@H](O)CC(=O)O)[C@H]21. The fraction of sp³-hybridized carbons (Fsp3) is 0.739. The molecule has 2 aliphatic rings. The molecule has 164 valence electrons. The highest BCUT2D eigenvalue weighted by Crippen LogP contribution is 2.46. The second kappa shape index (κ2) is 10.9. The van der Waals surface area contributed by atoms with E-state index in [4.69, 9.17) is 9.84 Å². The van der Waals surface area contributed by atoms with Crippen molar-refractivity contribution in [2.45, 2.75) is 84.0 Å². The molecule has 29 heavy (non-hydrogen) atoms. The zero-order chi connectivity index (χ0) is 21.6. The summed E-state index contributed by atoms with van der Waals surface area (Å²) in [6.45, 7) is 6.05. The van der Waals surface area contributed by atoms with E-state index in [2.05, 4.69) is 25.2 Å². The summed E-state index contributed by atoms with van der Waals surface area (Å²) in [5.74, 6) is -0.819. The highest BCUT2D eigenvalue weighted by Gasteiger charge is 2.42. The van der Waals surface area contributed by atoms with E-state index in [1.165, 1.54) is 5.57 Å². The van der Waals surface area contributed by atoms with Gasteiger partial charge in [0.05, 0.1) is 30.7 Å². The first kappa shape index (κ1) is 23.6. The number of hydrogen-bond donors (Lipinski definition) is 3. The van der Waals surface area contributed by atoms with Gasteiger partial charge < -0.3 is 20.1 Å². The number of hydrogen-bond acceptors (Lipinski definition) is 5. The maximum absolute atomic E-state index is 12.8. The van der Waals surface area contributed by atoms with Crippen LogP contribution in [0.2, 0.25) is 0 Å². The van der Waals surface area contributed by atoms with Gasteiger partial charge in [0, 0.05) is 5.92 Å². The van der Waals surface area contributed by atoms with E-state index < -0.39 is 18.2 Å². The number of allylic oxidation sites excluding steroid dienone is 4. The van der Waals surface area contributed by atoms with Gasteiger partial charge in [-0.05, 0) is 62.9 Å². The number of carboxylic acid groups (broad SMARTS) is 1. The van der Waals surface area contributed by atoms with Crippen LogP contribution in [0.3, 0.4) is 0 Å². The lowest BCUT2D eigenvalue weighted by atomic mass is 9.63. The Balaban J connectivity index is 2.05. The van der Waals surface area contributed by atoms with Gasteiger partial charge in [-0.1, -0.05) is 32.1 Å². The number of fused-ring (bicyclic) bond motifs is 1. The number of carboxylic acids is 1. The molecule has 0 aromatic rings. The summed E-state index contributed by atoms with van der Waals surface area (Å²) in [7, 11) is 0. The topological polar surface area (TPSA) is 104 Å². The molecular formula is C23H36O6. The van der Waals surface area contributed by atoms with Gasteiger partial charge in [0.25, 0.3) is 0 Å². The number of aliphatic hydroxyl groups excluding tert-OH is 2. The molecule has 6 nitrogen and oxygen atoms in total. The molecule has 0 heterocycles. The van der Waals surface area contributed by atoms with Crippen LogP contribution in [-0.4, -0.2) is 45.6 Å². The number of esters is 1. The van der Waals surface area contributed by atoms with Gasteiger partial charge in [-0.15, -0.1) is 0 Å². The molecule has 2 aliphatic carbocycles. The Morgan fingerprint density at radius 2 is 2.00 bits per heavy atom. The van der Waals surface area contributed by atoms with E-state index in [0.717, 1.165) is 19.3 Å². The molecule has 2 rings (SSSR count). The van der Waals surface area contributed by atoms with E-state index in [0.29, 0.717) is 12.8 Å². The lowest BCUT2D eigenvalue weighted by molar-refractivity contribution is -0.156. The van der Waals surface area contributed by atoms with E-state index in [1.807, 2.05) is 13.8 Å². The average molecular weight is 409 g/mol. The van der Waals surface area contributed by atoms with Crippen LogP contribution in [0.15, 0.2) is 23.8 Å². The lowest BCUT2D eigenvalue weighted by Crippen LogP contribution is -2.39. The van der Waals surface area contributed by atoms with Gasteiger partial charge in [-0.3, -0.25) is 9.59 Å². The number of aliphatic hydroxyl groups is 2. The third kappa shape index (κ3) is 6.68. The summed E-state index contributed by atoms with van der Waals surface area (Å²) in [6.07, 6.45) is 7.90. The van der Waals surface area contributed by atoms with Crippen molar-refractivity contribution < 1.29 is 29.6 Å². The molecule has 0 saturated carbocycles. The van der Waals surface area contributed by atoms with E-state index in [-0.39, 0.29) is 48.6 Å². The summed E-state index contributed by atoms with van der Waals surface area (Å²) in [5, 5.41) is 28.8. The predicted molar refractivity (Wildman–Crippen MR) is 110 cm³/mol. The quantitative estimate of drug-likeness (QED) is 0.478. The van der Waals surface area contributed by atoms with Gasteiger partial charge >= 0.3 is 11.9 Å². The van der Waals surface area contributed by atoms with E-state index in [1.54, 1.807) is 0 Å². The molecule has 0 saturated heterocycles. The number of carbonyl (C=O) groups excluding carboxylic acids is 1. The predicted octanol–water partition coefficient (Wildman–Crippen LogP) is 3.47. The van der Waals surface area contributed by atoms with Crippen LogP contribution >= 0.6 is 0 Å². The van der Waals surface area contributed by atoms with Crippen LogP contribution in [0.25, 0.3) is 0 Å². The highest BCUT2D eigenvalue weighted by atomic mass is 16.5. The number of aliphatic carboxylic acids is 1. The van der Waals surface area contributed by atoms with Crippen LogP contribution in [0, 0.1) is 23.7 Å². The third-order valence-electron chi connectivity index (χ3n) is 6.39. The first-order chi connectivity index (χ1) is 13.7. The summed E-state index contributed by atoms with van der Waals surface area (Å²) >= 11 is 0. The Morgan fingerprint density at radius 1 is 1.28 bits per heavy atom. The first-order valence-electron chi connectivity index (χ1n) is 10.9. The molecule has 6 heteroatoms. The standard InChI is InChI=1S/C23H36O6/c1-4-15(3)29-23(28)20-7-5-6-16-9-8-14(2)19(22(16)20)11-10-17(24)12-18(25)13-21(26)27/h6,8-9,14-15,17-20,22,24-25H,4-5,7,10-13H2,1-3H3,(H,26,27)/t14-,15-,17+,18+,19-,20-,22-/m0/s1. The van der Waals surface area contributed by atoms with Crippen molar-refractivity contribution in [2.75, 3.05) is 0 Å². The van der Waals surface area contributed by atoms with Gasteiger partial charge in [-0.2, -0.15) is 0 Å². The minimum atomic E-state index is -1.07. The van der Waals surface area contributed by atoms with Crippen LogP contribution in [-0.2, 0) is 14.3 Å². The van der Waals surface area contributed by atoms with Crippen molar-refractivity contribution in [3.8, 4) is 0 Å². The summed E-state index contributed by atoms with van der Waals surface area (Å²) in [6, 6.07) is 0. The van der Waals surface area contributed by atoms with Crippen LogP contribution in [0.4, 0.5) is 0 Å². The van der Waals surface area contributed by atoms with Crippen molar-refractivity contribution in [1.82, 2.24) is 0 Å². The Hall–Kier alpha value is -1.66. The van der Waals surface area contributed by atoms with Crippen molar-refractivity contribution in [2.24, 2.45) is 23.7 Å². The zero-order valence-corrected chi connectivity index (χ0v) is 17.8. The third-order valence-corrected chi connectivity index (χ3v) is 6.39. The summed E-state index contributed by atoms with van der Waals surface area (Å²) < 4.78 is 5.66. The van der Waals surface area contributed by atoms with Crippen LogP contribution < -0.4 is 0 Å². The highest BCUT2D eigenvalue weighted by molar-refractivity contribution is 5.74. The Kier molecular flexibility index (Phi) is 8.90. The molecule has 7 atom stereocenters. The normalized spacial score (nSPS) is 29.3. The van der Waals surface area contributed by atoms with Gasteiger partial charge in [0.15, 0.2) is 0 Å². The summed E-state index contributed by atoms with van der Waals surface area (Å²) in [4.78, 5) is 23.5. The Bertz CT molecular complexity index is 625. The molecule has 0 fully saturated rings. The fourth-order valence-corrected chi connectivity index (χ4v) is 4.61. The largest absolute Gasteiger partial charge is 0.481 e. The molecule has 0 aliphatic heterocycles. The van der Waals surface area contributed by atoms with Crippen LogP contribution in [0.5, 0.6) is 0 Å². The maximum atomic E-state index is 12.8. The Morgan fingerprint density at radius 3 is 2.66 bits per heavy atom. The first-order valence-corrected chi connectivity index (χ1v) is 10.9. The fourth-order valence-electron chi connectivity index (χ4n) is 4.61. The van der Waals surface area contributed by atoms with Crippen LogP contribution in [0.1, 0.15) is 65.7 Å². The minimum absolute atomic E-state index is 0.0517. The molecular weight excluding hydrogens is 372 g/mol. The van der Waals surface area contributed by atoms with Gasteiger partial charge in [0.1, 0.15) is 0 Å². The Labute approximate surface area is 173 Å². The number of rotatable bonds is 10. The number of ether oxygens (including phenoxy) is 1. The number of carbonyl (C=O) groups is 2. The summed E-state index contributed by atoms with van der Waals surface area (Å²) in [5.41, 5.74) is 1.19. The zero-order valence-electron chi connectivity index (χ0n) is 17.8. The average Bonchev–Trinajstić information content (AvgIpc) is 2.65. The minimum Gasteiger partial charge on any atom is -0.481 e. The van der Waals surface area contributed by atoms with Crippen molar-refractivity contribution in [3.05, 3.63) is 23.8 Å². The van der Waals surface area contributed by atoms with Crippen molar-refractivity contribution in [1.29, 1.82) is 0 Å². The second-order valence-corrected chi connectivity index (χ2v) is 8.67. The van der Waals surface area contributed by atoms with Gasteiger partial charge in [-0.25, -0.2) is 0 Å². The molecule has 0 bridgehead atoms. The van der Waals surface area contributed by atoms with Crippen molar-refractivity contribution >= 4 is 11.9 Å². The molecule has 0 amide bonds. The van der Waals surface area contributed by atoms with Crippen molar-refractivity contribution in [3.63, 3.8) is 0 Å². The molecule has 0 aromatic heterocycles. The molecule has 0 spiro atoms. The second-order valence-electron chi connectivity index (χ2n) is 8.67. The van der Waals surface area contributed by atoms with E-state index >= 15 is 0 Å². The molecule has 0 radical (unpaired) electrons. The molecule has 3 N–H and O–H groups in total. The molecule has 0 unspecified atom stereocenters. The van der Waals surface area contributed by atoms with Gasteiger partial charge in [0.2, 0.25) is 0 Å². The maximum Gasteiger partial charge on any atom is 0.309 e.